The van der Waals surface area contributed by atoms with Crippen LogP contribution in [0.3, 0.4) is 0 Å². The summed E-state index contributed by atoms with van der Waals surface area (Å²) in [6.07, 6.45) is -0.0679. The lowest BCUT2D eigenvalue weighted by atomic mass is 10.2. The van der Waals surface area contributed by atoms with E-state index in [1.807, 2.05) is 30.3 Å². The predicted molar refractivity (Wildman–Crippen MR) is 79.8 cm³/mol. The highest BCUT2D eigenvalue weighted by Crippen LogP contribution is 2.11. The minimum Gasteiger partial charge on any atom is -0.444 e. The summed E-state index contributed by atoms with van der Waals surface area (Å²) in [4.78, 5) is 24.8. The summed E-state index contributed by atoms with van der Waals surface area (Å²) in [5.41, 5.74) is 0.157. The molecule has 0 radical (unpaired) electrons. The van der Waals surface area contributed by atoms with E-state index < -0.39 is 17.8 Å². The van der Waals surface area contributed by atoms with Gasteiger partial charge in [0, 0.05) is 0 Å². The van der Waals surface area contributed by atoms with E-state index >= 15 is 0 Å². The Balaban J connectivity index is 2.64. The predicted octanol–water partition coefficient (Wildman–Crippen LogP) is 3.75. The Morgan fingerprint density at radius 3 is 2.33 bits per heavy atom. The first-order chi connectivity index (χ1) is 9.83. The first kappa shape index (κ1) is 16.8. The zero-order valence-corrected chi connectivity index (χ0v) is 12.7. The second-order valence-corrected chi connectivity index (χ2v) is 5.42. The SMILES string of the molecule is C=CCN(C(=O)OCc1ccccc1)C(=O)OC(C)(C)C. The molecule has 1 aromatic rings. The Morgan fingerprint density at radius 2 is 1.81 bits per heavy atom. The van der Waals surface area contributed by atoms with E-state index in [4.69, 9.17) is 9.47 Å². The molecule has 0 saturated carbocycles. The minimum absolute atomic E-state index is 0.0303. The molecule has 21 heavy (non-hydrogen) atoms. The second kappa shape index (κ2) is 7.47. The number of imide groups is 1. The summed E-state index contributed by atoms with van der Waals surface area (Å²) in [6.45, 7) is 8.83. The molecule has 0 atom stereocenters. The highest BCUT2D eigenvalue weighted by atomic mass is 16.6. The Labute approximate surface area is 125 Å². The van der Waals surface area contributed by atoms with Gasteiger partial charge in [-0.05, 0) is 26.3 Å². The van der Waals surface area contributed by atoms with Crippen molar-refractivity contribution in [1.29, 1.82) is 0 Å². The van der Waals surface area contributed by atoms with Gasteiger partial charge in [0.25, 0.3) is 0 Å². The number of nitrogens with zero attached hydrogens (tertiary/aromatic N) is 1. The van der Waals surface area contributed by atoms with Crippen LogP contribution in [0.25, 0.3) is 0 Å². The van der Waals surface area contributed by atoms with Crippen LogP contribution in [0, 0.1) is 0 Å². The number of rotatable bonds is 4. The molecule has 0 saturated heterocycles. The van der Waals surface area contributed by atoms with Gasteiger partial charge in [-0.2, -0.15) is 0 Å². The molecule has 1 aromatic carbocycles. The minimum atomic E-state index is -0.756. The van der Waals surface area contributed by atoms with Crippen molar-refractivity contribution in [3.8, 4) is 0 Å². The number of hydrogen-bond donors (Lipinski definition) is 0. The molecular weight excluding hydrogens is 270 g/mol. The van der Waals surface area contributed by atoms with Crippen LogP contribution in [0.5, 0.6) is 0 Å². The van der Waals surface area contributed by atoms with Crippen LogP contribution in [-0.4, -0.2) is 29.2 Å². The molecule has 0 aliphatic carbocycles. The Hall–Kier alpha value is -2.30. The molecule has 5 nitrogen and oxygen atoms in total. The van der Waals surface area contributed by atoms with Crippen molar-refractivity contribution >= 4 is 12.2 Å². The largest absolute Gasteiger partial charge is 0.444 e. The van der Waals surface area contributed by atoms with Gasteiger partial charge in [0.15, 0.2) is 0 Å². The number of carbonyl (C=O) groups excluding carboxylic acids is 2. The first-order valence-electron chi connectivity index (χ1n) is 6.65. The average molecular weight is 291 g/mol. The van der Waals surface area contributed by atoms with E-state index in [1.54, 1.807) is 20.8 Å². The standard InChI is InChI=1S/C16H21NO4/c1-5-11-17(15(19)21-16(2,3)4)14(18)20-12-13-9-7-6-8-10-13/h5-10H,1,11-12H2,2-4H3. The van der Waals surface area contributed by atoms with E-state index in [9.17, 15) is 9.59 Å². The average Bonchev–Trinajstić information content (AvgIpc) is 2.41. The van der Waals surface area contributed by atoms with Crippen molar-refractivity contribution in [3.63, 3.8) is 0 Å². The molecule has 114 valence electrons. The molecule has 0 heterocycles. The number of benzene rings is 1. The van der Waals surface area contributed by atoms with Crippen LogP contribution in [0.1, 0.15) is 26.3 Å². The molecule has 0 bridgehead atoms. The molecule has 0 unspecified atom stereocenters. The van der Waals surface area contributed by atoms with Gasteiger partial charge in [0.1, 0.15) is 12.2 Å². The smallest absolute Gasteiger partial charge is 0.420 e. The van der Waals surface area contributed by atoms with Crippen molar-refractivity contribution in [1.82, 2.24) is 4.90 Å². The third kappa shape index (κ3) is 6.12. The fraction of sp³-hybridized carbons (Fsp3) is 0.375. The third-order valence-electron chi connectivity index (χ3n) is 2.35. The summed E-state index contributed by atoms with van der Waals surface area (Å²) in [5, 5.41) is 0. The lowest BCUT2D eigenvalue weighted by molar-refractivity contribution is 0.0231. The first-order valence-corrected chi connectivity index (χ1v) is 6.65. The van der Waals surface area contributed by atoms with Crippen LogP contribution in [0.4, 0.5) is 9.59 Å². The van der Waals surface area contributed by atoms with Gasteiger partial charge in [-0.15, -0.1) is 6.58 Å². The van der Waals surface area contributed by atoms with Crippen molar-refractivity contribution < 1.29 is 19.1 Å². The molecule has 0 aromatic heterocycles. The summed E-state index contributed by atoms with van der Waals surface area (Å²) >= 11 is 0. The van der Waals surface area contributed by atoms with E-state index in [-0.39, 0.29) is 13.2 Å². The fourth-order valence-corrected chi connectivity index (χ4v) is 1.47. The summed E-state index contributed by atoms with van der Waals surface area (Å²) < 4.78 is 10.3. The topological polar surface area (TPSA) is 55.8 Å². The van der Waals surface area contributed by atoms with Gasteiger partial charge >= 0.3 is 12.2 Å². The number of hydrogen-bond acceptors (Lipinski definition) is 4. The fourth-order valence-electron chi connectivity index (χ4n) is 1.47. The molecule has 0 N–H and O–H groups in total. The van der Waals surface area contributed by atoms with E-state index in [0.717, 1.165) is 10.5 Å². The molecule has 0 aliphatic rings. The lowest BCUT2D eigenvalue weighted by Gasteiger charge is -2.24. The lowest BCUT2D eigenvalue weighted by Crippen LogP contribution is -2.41. The van der Waals surface area contributed by atoms with Gasteiger partial charge in [0.05, 0.1) is 6.54 Å². The maximum atomic E-state index is 12.0. The summed E-state index contributed by atoms with van der Waals surface area (Å²) in [5.74, 6) is 0. The van der Waals surface area contributed by atoms with Crippen LogP contribution in [0.15, 0.2) is 43.0 Å². The van der Waals surface area contributed by atoms with Gasteiger partial charge in [-0.3, -0.25) is 0 Å². The van der Waals surface area contributed by atoms with Crippen molar-refractivity contribution in [3.05, 3.63) is 48.6 Å². The van der Waals surface area contributed by atoms with E-state index in [0.29, 0.717) is 0 Å². The quantitative estimate of drug-likeness (QED) is 0.793. The van der Waals surface area contributed by atoms with Crippen LogP contribution >= 0.6 is 0 Å². The van der Waals surface area contributed by atoms with E-state index in [1.165, 1.54) is 6.08 Å². The molecule has 0 fully saturated rings. The molecule has 5 heteroatoms. The van der Waals surface area contributed by atoms with Gasteiger partial charge in [0.2, 0.25) is 0 Å². The maximum Gasteiger partial charge on any atom is 0.420 e. The highest BCUT2D eigenvalue weighted by Gasteiger charge is 2.27. The van der Waals surface area contributed by atoms with Gasteiger partial charge in [-0.25, -0.2) is 14.5 Å². The second-order valence-electron chi connectivity index (χ2n) is 5.42. The number of carbonyl (C=O) groups is 2. The van der Waals surface area contributed by atoms with Crippen molar-refractivity contribution in [2.24, 2.45) is 0 Å². The molecular formula is C16H21NO4. The highest BCUT2D eigenvalue weighted by molar-refractivity contribution is 5.88. The maximum absolute atomic E-state index is 12.0. The summed E-state index contributed by atoms with van der Waals surface area (Å²) in [7, 11) is 0. The van der Waals surface area contributed by atoms with Crippen LogP contribution in [-0.2, 0) is 16.1 Å². The van der Waals surface area contributed by atoms with Crippen molar-refractivity contribution in [2.75, 3.05) is 6.54 Å². The van der Waals surface area contributed by atoms with Crippen molar-refractivity contribution in [2.45, 2.75) is 33.0 Å². The van der Waals surface area contributed by atoms with Gasteiger partial charge in [-0.1, -0.05) is 36.4 Å². The zero-order valence-electron chi connectivity index (χ0n) is 12.7. The number of amides is 2. The Bertz CT molecular complexity index is 491. The van der Waals surface area contributed by atoms with Crippen LogP contribution < -0.4 is 0 Å². The van der Waals surface area contributed by atoms with Crippen LogP contribution in [0.2, 0.25) is 0 Å². The molecule has 1 rings (SSSR count). The molecule has 2 amide bonds. The number of ether oxygens (including phenoxy) is 2. The zero-order chi connectivity index (χ0) is 15.9. The van der Waals surface area contributed by atoms with E-state index in [2.05, 4.69) is 6.58 Å². The molecule has 0 spiro atoms. The normalized spacial score (nSPS) is 10.6. The third-order valence-corrected chi connectivity index (χ3v) is 2.35. The summed E-state index contributed by atoms with van der Waals surface area (Å²) in [6, 6.07) is 9.23. The molecule has 0 aliphatic heterocycles. The Kier molecular flexibility index (Phi) is 5.96. The monoisotopic (exact) mass is 291 g/mol. The Morgan fingerprint density at radius 1 is 1.19 bits per heavy atom. The van der Waals surface area contributed by atoms with Gasteiger partial charge < -0.3 is 9.47 Å².